The number of hydrogen-bond donors (Lipinski definition) is 2. The van der Waals surface area contributed by atoms with Crippen molar-refractivity contribution in [3.8, 4) is 0 Å². The van der Waals surface area contributed by atoms with Gasteiger partial charge in [-0.25, -0.2) is 4.79 Å². The van der Waals surface area contributed by atoms with Crippen molar-refractivity contribution in [1.29, 1.82) is 0 Å². The Morgan fingerprint density at radius 2 is 2.05 bits per heavy atom. The van der Waals surface area contributed by atoms with E-state index in [0.29, 0.717) is 13.0 Å². The maximum absolute atomic E-state index is 12.2. The summed E-state index contributed by atoms with van der Waals surface area (Å²) in [6.07, 6.45) is 1.32. The van der Waals surface area contributed by atoms with E-state index in [-0.39, 0.29) is 12.5 Å². The fraction of sp³-hybridized carbons (Fsp3) is 0.467. The van der Waals surface area contributed by atoms with Crippen molar-refractivity contribution >= 4 is 11.9 Å². The number of carboxylic acid groups (broad SMARTS) is 1. The van der Waals surface area contributed by atoms with Crippen LogP contribution in [0.5, 0.6) is 0 Å². The molecule has 1 aliphatic heterocycles. The summed E-state index contributed by atoms with van der Waals surface area (Å²) in [6, 6.07) is 6.94. The van der Waals surface area contributed by atoms with Gasteiger partial charge in [0.1, 0.15) is 6.04 Å². The standard InChI is InChI=1S/C15H20N2O3/c1-2-7-16-9-14(18)17-10-12-6-4-3-5-11(12)8-13(17)15(19)20/h3-6,13,16H,2,7-10H2,1H3,(H,19,20). The number of nitrogens with zero attached hydrogens (tertiary/aromatic N) is 1. The molecule has 0 aliphatic carbocycles. The SMILES string of the molecule is CCCNCC(=O)N1Cc2ccccc2CC1C(=O)O. The zero-order valence-electron chi connectivity index (χ0n) is 11.6. The van der Waals surface area contributed by atoms with Gasteiger partial charge in [-0.15, -0.1) is 0 Å². The summed E-state index contributed by atoms with van der Waals surface area (Å²) >= 11 is 0. The largest absolute Gasteiger partial charge is 0.480 e. The number of aliphatic carboxylic acids is 1. The Kier molecular flexibility index (Phi) is 4.74. The third-order valence-corrected chi connectivity index (χ3v) is 3.56. The number of fused-ring (bicyclic) bond motifs is 1. The molecule has 5 heteroatoms. The van der Waals surface area contributed by atoms with Crippen LogP contribution in [0.1, 0.15) is 24.5 Å². The molecule has 1 aromatic rings. The molecule has 0 saturated carbocycles. The van der Waals surface area contributed by atoms with Crippen LogP contribution in [0.4, 0.5) is 0 Å². The van der Waals surface area contributed by atoms with E-state index in [1.54, 1.807) is 0 Å². The van der Waals surface area contributed by atoms with Crippen molar-refractivity contribution in [2.75, 3.05) is 13.1 Å². The molecule has 1 aliphatic rings. The molecular formula is C15H20N2O3. The van der Waals surface area contributed by atoms with Crippen LogP contribution < -0.4 is 5.32 Å². The molecule has 0 spiro atoms. The van der Waals surface area contributed by atoms with Gasteiger partial charge < -0.3 is 15.3 Å². The molecule has 0 radical (unpaired) electrons. The Morgan fingerprint density at radius 3 is 2.70 bits per heavy atom. The van der Waals surface area contributed by atoms with E-state index in [0.717, 1.165) is 24.1 Å². The minimum Gasteiger partial charge on any atom is -0.480 e. The summed E-state index contributed by atoms with van der Waals surface area (Å²) < 4.78 is 0. The summed E-state index contributed by atoms with van der Waals surface area (Å²) in [5.74, 6) is -1.09. The smallest absolute Gasteiger partial charge is 0.326 e. The Balaban J connectivity index is 2.13. The van der Waals surface area contributed by atoms with Crippen molar-refractivity contribution in [3.63, 3.8) is 0 Å². The molecule has 108 valence electrons. The Morgan fingerprint density at radius 1 is 1.35 bits per heavy atom. The van der Waals surface area contributed by atoms with Crippen LogP contribution in [0.25, 0.3) is 0 Å². The lowest BCUT2D eigenvalue weighted by Gasteiger charge is -2.34. The van der Waals surface area contributed by atoms with Gasteiger partial charge in [-0.2, -0.15) is 0 Å². The summed E-state index contributed by atoms with van der Waals surface area (Å²) in [5, 5.41) is 12.4. The molecule has 1 aromatic carbocycles. The number of carbonyl (C=O) groups excluding carboxylic acids is 1. The third-order valence-electron chi connectivity index (χ3n) is 3.56. The first-order chi connectivity index (χ1) is 9.63. The predicted molar refractivity (Wildman–Crippen MR) is 75.3 cm³/mol. The van der Waals surface area contributed by atoms with E-state index in [2.05, 4.69) is 5.32 Å². The average molecular weight is 276 g/mol. The molecule has 0 fully saturated rings. The van der Waals surface area contributed by atoms with E-state index >= 15 is 0 Å². The number of benzene rings is 1. The molecule has 1 amide bonds. The molecule has 5 nitrogen and oxygen atoms in total. The molecule has 1 heterocycles. The maximum atomic E-state index is 12.2. The van der Waals surface area contributed by atoms with Crippen LogP contribution in [0, 0.1) is 0 Å². The lowest BCUT2D eigenvalue weighted by atomic mass is 9.94. The Hall–Kier alpha value is -1.88. The maximum Gasteiger partial charge on any atom is 0.326 e. The van der Waals surface area contributed by atoms with Gasteiger partial charge >= 0.3 is 5.97 Å². The van der Waals surface area contributed by atoms with Gasteiger partial charge in [-0.3, -0.25) is 4.79 Å². The molecule has 1 atom stereocenters. The highest BCUT2D eigenvalue weighted by Gasteiger charge is 2.33. The second kappa shape index (κ2) is 6.52. The molecule has 2 rings (SSSR count). The lowest BCUT2D eigenvalue weighted by molar-refractivity contribution is -0.151. The van der Waals surface area contributed by atoms with Crippen LogP contribution in [-0.4, -0.2) is 41.0 Å². The van der Waals surface area contributed by atoms with Crippen molar-refractivity contribution in [1.82, 2.24) is 10.2 Å². The average Bonchev–Trinajstić information content (AvgIpc) is 2.46. The molecule has 0 aromatic heterocycles. The second-order valence-electron chi connectivity index (χ2n) is 5.03. The highest BCUT2D eigenvalue weighted by molar-refractivity contribution is 5.85. The number of hydrogen-bond acceptors (Lipinski definition) is 3. The van der Waals surface area contributed by atoms with Gasteiger partial charge in [-0.1, -0.05) is 31.2 Å². The van der Waals surface area contributed by atoms with Crippen molar-refractivity contribution in [2.45, 2.75) is 32.4 Å². The van der Waals surface area contributed by atoms with Crippen LogP contribution in [-0.2, 0) is 22.6 Å². The molecule has 20 heavy (non-hydrogen) atoms. The fourth-order valence-electron chi connectivity index (χ4n) is 2.48. The minimum absolute atomic E-state index is 0.152. The number of carboxylic acids is 1. The van der Waals surface area contributed by atoms with E-state index < -0.39 is 12.0 Å². The van der Waals surface area contributed by atoms with Crippen LogP contribution in [0.3, 0.4) is 0 Å². The van der Waals surface area contributed by atoms with Crippen molar-refractivity contribution < 1.29 is 14.7 Å². The van der Waals surface area contributed by atoms with Crippen LogP contribution in [0.2, 0.25) is 0 Å². The summed E-state index contributed by atoms with van der Waals surface area (Å²) in [7, 11) is 0. The number of nitrogens with one attached hydrogen (secondary N) is 1. The van der Waals surface area contributed by atoms with Crippen molar-refractivity contribution in [2.24, 2.45) is 0 Å². The normalized spacial score (nSPS) is 17.6. The first kappa shape index (κ1) is 14.5. The first-order valence-electron chi connectivity index (χ1n) is 6.93. The van der Waals surface area contributed by atoms with E-state index in [1.807, 2.05) is 31.2 Å². The first-order valence-corrected chi connectivity index (χ1v) is 6.93. The Labute approximate surface area is 118 Å². The Bertz CT molecular complexity index is 502. The summed E-state index contributed by atoms with van der Waals surface area (Å²) in [4.78, 5) is 25.1. The topological polar surface area (TPSA) is 69.6 Å². The van der Waals surface area contributed by atoms with Gasteiger partial charge in [0.05, 0.1) is 6.54 Å². The number of carbonyl (C=O) groups is 2. The highest BCUT2D eigenvalue weighted by Crippen LogP contribution is 2.23. The quantitative estimate of drug-likeness (QED) is 0.788. The zero-order valence-corrected chi connectivity index (χ0v) is 11.6. The van der Waals surface area contributed by atoms with Gasteiger partial charge in [-0.05, 0) is 24.1 Å². The monoisotopic (exact) mass is 276 g/mol. The summed E-state index contributed by atoms with van der Waals surface area (Å²) in [5.41, 5.74) is 2.05. The van der Waals surface area contributed by atoms with E-state index in [4.69, 9.17) is 0 Å². The molecule has 2 N–H and O–H groups in total. The molecule has 0 bridgehead atoms. The fourth-order valence-corrected chi connectivity index (χ4v) is 2.48. The van der Waals surface area contributed by atoms with E-state index in [1.165, 1.54) is 4.90 Å². The number of amides is 1. The minimum atomic E-state index is -0.941. The van der Waals surface area contributed by atoms with Gasteiger partial charge in [0.15, 0.2) is 0 Å². The summed E-state index contributed by atoms with van der Waals surface area (Å²) in [6.45, 7) is 3.35. The van der Waals surface area contributed by atoms with Gasteiger partial charge in [0, 0.05) is 13.0 Å². The number of rotatable bonds is 5. The van der Waals surface area contributed by atoms with Crippen molar-refractivity contribution in [3.05, 3.63) is 35.4 Å². The van der Waals surface area contributed by atoms with Gasteiger partial charge in [0.2, 0.25) is 5.91 Å². The molecule has 0 saturated heterocycles. The van der Waals surface area contributed by atoms with Gasteiger partial charge in [0.25, 0.3) is 0 Å². The van der Waals surface area contributed by atoms with Crippen LogP contribution in [0.15, 0.2) is 24.3 Å². The third kappa shape index (κ3) is 3.17. The second-order valence-corrected chi connectivity index (χ2v) is 5.03. The molecule has 1 unspecified atom stereocenters. The van der Waals surface area contributed by atoms with Crippen LogP contribution >= 0.6 is 0 Å². The van der Waals surface area contributed by atoms with E-state index in [9.17, 15) is 14.7 Å². The predicted octanol–water partition coefficient (Wildman–Crippen LogP) is 1.02. The molecular weight excluding hydrogens is 256 g/mol. The highest BCUT2D eigenvalue weighted by atomic mass is 16.4. The lowest BCUT2D eigenvalue weighted by Crippen LogP contribution is -2.51. The zero-order chi connectivity index (χ0) is 14.5.